The lowest BCUT2D eigenvalue weighted by molar-refractivity contribution is -0.0565. The van der Waals surface area contributed by atoms with E-state index in [0.717, 1.165) is 51.9 Å². The first-order chi connectivity index (χ1) is 9.95. The maximum absolute atomic E-state index is 11.9. The van der Waals surface area contributed by atoms with Crippen molar-refractivity contribution in [2.75, 3.05) is 39.5 Å². The van der Waals surface area contributed by atoms with Crippen molar-refractivity contribution in [3.63, 3.8) is 0 Å². The molecule has 0 aromatic heterocycles. The molecule has 2 aliphatic rings. The Kier molecular flexibility index (Phi) is 6.05. The number of hydrogen-bond donors (Lipinski definition) is 1. The quantitative estimate of drug-likeness (QED) is 0.816. The summed E-state index contributed by atoms with van der Waals surface area (Å²) in [5.74, 6) is 0.394. The number of rotatable bonds is 5. The lowest BCUT2D eigenvalue weighted by Gasteiger charge is -2.41. The molecule has 0 aromatic carbocycles. The minimum Gasteiger partial charge on any atom is -0.374 e. The number of sulfone groups is 1. The first kappa shape index (κ1) is 17.2. The zero-order chi connectivity index (χ0) is 15.5. The molecule has 0 spiro atoms. The van der Waals surface area contributed by atoms with Crippen molar-refractivity contribution in [2.24, 2.45) is 5.92 Å². The Morgan fingerprint density at radius 3 is 2.76 bits per heavy atom. The minimum atomic E-state index is -2.93. The molecule has 0 aromatic rings. The third kappa shape index (κ3) is 4.41. The van der Waals surface area contributed by atoms with Crippen LogP contribution in [0.15, 0.2) is 0 Å². The van der Waals surface area contributed by atoms with Gasteiger partial charge in [-0.15, -0.1) is 0 Å². The second-order valence-electron chi connectivity index (χ2n) is 6.50. The summed E-state index contributed by atoms with van der Waals surface area (Å²) in [7, 11) is -0.951. The molecule has 1 heterocycles. The maximum Gasteiger partial charge on any atom is 0.150 e. The Labute approximate surface area is 129 Å². The second-order valence-corrected chi connectivity index (χ2v) is 8.82. The summed E-state index contributed by atoms with van der Waals surface area (Å²) in [5, 5.41) is 3.24. The van der Waals surface area contributed by atoms with Crippen LogP contribution >= 0.6 is 0 Å². The van der Waals surface area contributed by atoms with Gasteiger partial charge < -0.3 is 10.1 Å². The van der Waals surface area contributed by atoms with Crippen LogP contribution in [0.5, 0.6) is 0 Å². The normalized spacial score (nSPS) is 33.8. The van der Waals surface area contributed by atoms with Crippen LogP contribution in [-0.4, -0.2) is 70.3 Å². The fourth-order valence-corrected chi connectivity index (χ4v) is 5.05. The van der Waals surface area contributed by atoms with Crippen molar-refractivity contribution >= 4 is 9.84 Å². The van der Waals surface area contributed by atoms with Gasteiger partial charge in [0.25, 0.3) is 0 Å². The molecule has 124 valence electrons. The molecule has 1 aliphatic heterocycles. The average Bonchev–Trinajstić information content (AvgIpc) is 2.48. The third-order valence-electron chi connectivity index (χ3n) is 5.14. The zero-order valence-electron chi connectivity index (χ0n) is 13.5. The summed E-state index contributed by atoms with van der Waals surface area (Å²) < 4.78 is 29.7. The van der Waals surface area contributed by atoms with E-state index >= 15 is 0 Å². The summed E-state index contributed by atoms with van der Waals surface area (Å²) in [6.45, 7) is 5.95. The van der Waals surface area contributed by atoms with E-state index in [1.807, 2.05) is 7.05 Å². The molecule has 21 heavy (non-hydrogen) atoms. The third-order valence-corrected chi connectivity index (χ3v) is 6.78. The van der Waals surface area contributed by atoms with Crippen LogP contribution < -0.4 is 5.32 Å². The molecule has 2 rings (SSSR count). The predicted molar refractivity (Wildman–Crippen MR) is 85.3 cm³/mol. The average molecular weight is 318 g/mol. The van der Waals surface area contributed by atoms with E-state index in [2.05, 4.69) is 17.1 Å². The molecule has 6 heteroatoms. The molecular formula is C15H30N2O3S. The number of hydrogen-bond acceptors (Lipinski definition) is 5. The number of morpholine rings is 1. The zero-order valence-corrected chi connectivity index (χ0v) is 14.4. The van der Waals surface area contributed by atoms with Gasteiger partial charge in [-0.25, -0.2) is 8.42 Å². The van der Waals surface area contributed by atoms with Gasteiger partial charge in [0.15, 0.2) is 0 Å². The lowest BCUT2D eigenvalue weighted by Crippen LogP contribution is -2.55. The highest BCUT2D eigenvalue weighted by molar-refractivity contribution is 7.91. The minimum absolute atomic E-state index is 0.169. The van der Waals surface area contributed by atoms with E-state index in [9.17, 15) is 8.42 Å². The fourth-order valence-electron chi connectivity index (χ4n) is 3.86. The van der Waals surface area contributed by atoms with Gasteiger partial charge in [0.05, 0.1) is 18.0 Å². The molecule has 1 saturated heterocycles. The van der Waals surface area contributed by atoms with Gasteiger partial charge in [0, 0.05) is 25.4 Å². The lowest BCUT2D eigenvalue weighted by atomic mass is 9.81. The van der Waals surface area contributed by atoms with E-state index in [-0.39, 0.29) is 17.4 Å². The van der Waals surface area contributed by atoms with E-state index < -0.39 is 9.84 Å². The first-order valence-electron chi connectivity index (χ1n) is 8.15. The summed E-state index contributed by atoms with van der Waals surface area (Å²) >= 11 is 0. The van der Waals surface area contributed by atoms with Crippen LogP contribution in [0.3, 0.4) is 0 Å². The van der Waals surface area contributed by atoms with Gasteiger partial charge in [-0.1, -0.05) is 13.3 Å². The Hall–Kier alpha value is -0.170. The van der Waals surface area contributed by atoms with E-state index in [0.29, 0.717) is 5.92 Å². The smallest absolute Gasteiger partial charge is 0.150 e. The number of likely N-dealkylation sites (N-methyl/N-ethyl adjacent to an activating group) is 2. The molecule has 2 fully saturated rings. The molecule has 0 bridgehead atoms. The van der Waals surface area contributed by atoms with Crippen molar-refractivity contribution in [3.05, 3.63) is 0 Å². The van der Waals surface area contributed by atoms with Crippen molar-refractivity contribution in [2.45, 2.75) is 50.0 Å². The molecular weight excluding hydrogens is 288 g/mol. The monoisotopic (exact) mass is 318 g/mol. The Morgan fingerprint density at radius 1 is 1.38 bits per heavy atom. The molecule has 4 atom stereocenters. The summed E-state index contributed by atoms with van der Waals surface area (Å²) in [4.78, 5) is 2.41. The van der Waals surface area contributed by atoms with Crippen LogP contribution in [0, 0.1) is 5.92 Å². The summed E-state index contributed by atoms with van der Waals surface area (Å²) in [6, 6.07) is 0.254. The summed E-state index contributed by atoms with van der Waals surface area (Å²) in [6.07, 6.45) is 5.25. The van der Waals surface area contributed by atoms with E-state index in [1.54, 1.807) is 0 Å². The Balaban J connectivity index is 2.02. The Bertz CT molecular complexity index is 427. The van der Waals surface area contributed by atoms with Crippen LogP contribution in [0.1, 0.15) is 32.6 Å². The van der Waals surface area contributed by atoms with Crippen LogP contribution in [-0.2, 0) is 14.6 Å². The van der Waals surface area contributed by atoms with Gasteiger partial charge in [-0.05, 0) is 38.8 Å². The summed E-state index contributed by atoms with van der Waals surface area (Å²) in [5.41, 5.74) is 0. The second kappa shape index (κ2) is 7.40. The standard InChI is InChI=1S/C15H30N2O3S/c1-4-17-8-9-20-14(11-17)15(16-2)12-6-5-7-13(10-12)21(3,18)19/h12-16H,4-11H2,1-3H3. The van der Waals surface area contributed by atoms with Crippen LogP contribution in [0.4, 0.5) is 0 Å². The Morgan fingerprint density at radius 2 is 2.14 bits per heavy atom. The van der Waals surface area contributed by atoms with Gasteiger partial charge in [-0.3, -0.25) is 4.90 Å². The molecule has 1 saturated carbocycles. The highest BCUT2D eigenvalue weighted by Gasteiger charge is 2.37. The molecule has 0 amide bonds. The van der Waals surface area contributed by atoms with Gasteiger partial charge in [-0.2, -0.15) is 0 Å². The van der Waals surface area contributed by atoms with Crippen molar-refractivity contribution in [1.29, 1.82) is 0 Å². The van der Waals surface area contributed by atoms with E-state index in [1.165, 1.54) is 6.26 Å². The maximum atomic E-state index is 11.9. The number of nitrogens with zero attached hydrogens (tertiary/aromatic N) is 1. The molecule has 1 N–H and O–H groups in total. The number of nitrogens with one attached hydrogen (secondary N) is 1. The number of ether oxygens (including phenoxy) is 1. The van der Waals surface area contributed by atoms with E-state index in [4.69, 9.17) is 4.74 Å². The largest absolute Gasteiger partial charge is 0.374 e. The fraction of sp³-hybridized carbons (Fsp3) is 1.00. The highest BCUT2D eigenvalue weighted by Crippen LogP contribution is 2.32. The first-order valence-corrected chi connectivity index (χ1v) is 10.1. The van der Waals surface area contributed by atoms with Crippen molar-refractivity contribution in [3.8, 4) is 0 Å². The molecule has 4 unspecified atom stereocenters. The van der Waals surface area contributed by atoms with Gasteiger partial charge >= 0.3 is 0 Å². The van der Waals surface area contributed by atoms with Crippen LogP contribution in [0.2, 0.25) is 0 Å². The van der Waals surface area contributed by atoms with Gasteiger partial charge in [0.1, 0.15) is 9.84 Å². The molecule has 0 radical (unpaired) electrons. The molecule has 1 aliphatic carbocycles. The highest BCUT2D eigenvalue weighted by atomic mass is 32.2. The predicted octanol–water partition coefficient (Wildman–Crippen LogP) is 0.899. The van der Waals surface area contributed by atoms with Crippen molar-refractivity contribution < 1.29 is 13.2 Å². The molecule has 5 nitrogen and oxygen atoms in total. The van der Waals surface area contributed by atoms with Crippen LogP contribution in [0.25, 0.3) is 0 Å². The topological polar surface area (TPSA) is 58.6 Å². The van der Waals surface area contributed by atoms with Gasteiger partial charge in [0.2, 0.25) is 0 Å². The van der Waals surface area contributed by atoms with Crippen molar-refractivity contribution in [1.82, 2.24) is 10.2 Å². The SMILES string of the molecule is CCN1CCOC(C(NC)C2CCCC(S(C)(=O)=O)C2)C1.